The Morgan fingerprint density at radius 2 is 2.13 bits per heavy atom. The van der Waals surface area contributed by atoms with Crippen molar-refractivity contribution < 1.29 is 17.9 Å². The first-order valence-corrected chi connectivity index (χ1v) is 9.76. The second-order valence-corrected chi connectivity index (χ2v) is 8.47. The number of hydrogen-bond acceptors (Lipinski definition) is 5. The van der Waals surface area contributed by atoms with Crippen molar-refractivity contribution in [2.75, 3.05) is 12.9 Å². The van der Waals surface area contributed by atoms with E-state index in [9.17, 15) is 13.2 Å². The number of rotatable bonds is 5. The lowest BCUT2D eigenvalue weighted by atomic mass is 9.72. The average molecular weight is 340 g/mol. The summed E-state index contributed by atoms with van der Waals surface area (Å²) in [6.45, 7) is 0.595. The molecule has 1 aromatic rings. The zero-order valence-electron chi connectivity index (χ0n) is 12.8. The molecule has 4 rings (SSSR count). The van der Waals surface area contributed by atoms with Gasteiger partial charge in [-0.1, -0.05) is 0 Å². The smallest absolute Gasteiger partial charge is 0.272 e. The highest BCUT2D eigenvalue weighted by atomic mass is 32.2. The Hall–Kier alpha value is -1.45. The molecule has 3 fully saturated rings. The Bertz CT molecular complexity index is 727. The number of H-pyrrole nitrogens is 1. The number of carbonyl (C=O) groups is 1. The summed E-state index contributed by atoms with van der Waals surface area (Å²) in [6, 6.07) is 1.11. The standard InChI is InChI=1S/C14H20N4O4S/c1-23(20,21)18-12-11(8-4-5-22-13(8)12)15-14(19)10-6-9(16-17-10)7-2-3-7/h6-8,11-13,18H,2-5H2,1H3,(H,15,19)(H,16,17)/t8-,11+,12-,13-/m1/s1. The van der Waals surface area contributed by atoms with Crippen LogP contribution in [0, 0.1) is 5.92 Å². The van der Waals surface area contributed by atoms with Crippen LogP contribution in [0.3, 0.4) is 0 Å². The molecule has 2 heterocycles. The summed E-state index contributed by atoms with van der Waals surface area (Å²) in [6.07, 6.45) is 4.05. The van der Waals surface area contributed by atoms with Gasteiger partial charge < -0.3 is 10.1 Å². The number of hydrogen-bond donors (Lipinski definition) is 3. The third-order valence-corrected chi connectivity index (χ3v) is 5.58. The zero-order chi connectivity index (χ0) is 16.2. The van der Waals surface area contributed by atoms with Crippen LogP contribution in [0.4, 0.5) is 0 Å². The third-order valence-electron chi connectivity index (χ3n) is 4.88. The monoisotopic (exact) mass is 340 g/mol. The van der Waals surface area contributed by atoms with E-state index in [0.29, 0.717) is 18.2 Å². The van der Waals surface area contributed by atoms with E-state index < -0.39 is 16.1 Å². The SMILES string of the molecule is CS(=O)(=O)N[C@@H]1[C@@H](NC(=O)c2cc(C3CC3)[nH]n2)[C@H]2CCO[C@H]21. The van der Waals surface area contributed by atoms with E-state index in [2.05, 4.69) is 20.2 Å². The molecule has 1 aliphatic heterocycles. The summed E-state index contributed by atoms with van der Waals surface area (Å²) in [7, 11) is -3.36. The van der Waals surface area contributed by atoms with Crippen molar-refractivity contribution in [3.05, 3.63) is 17.5 Å². The number of nitrogens with zero attached hydrogens (tertiary/aromatic N) is 1. The van der Waals surface area contributed by atoms with Gasteiger partial charge in [0.05, 0.1) is 24.4 Å². The van der Waals surface area contributed by atoms with Gasteiger partial charge in [0.2, 0.25) is 10.0 Å². The number of aromatic nitrogens is 2. The van der Waals surface area contributed by atoms with Gasteiger partial charge in [-0.3, -0.25) is 9.89 Å². The molecule has 0 spiro atoms. The highest BCUT2D eigenvalue weighted by Gasteiger charge is 2.55. The first-order valence-electron chi connectivity index (χ1n) is 7.87. The Morgan fingerprint density at radius 1 is 1.35 bits per heavy atom. The third kappa shape index (κ3) is 2.88. The van der Waals surface area contributed by atoms with Crippen LogP contribution >= 0.6 is 0 Å². The van der Waals surface area contributed by atoms with Crippen LogP contribution in [0.1, 0.15) is 41.4 Å². The number of fused-ring (bicyclic) bond motifs is 1. The first-order chi connectivity index (χ1) is 10.9. The second-order valence-electron chi connectivity index (χ2n) is 6.69. The molecule has 8 nitrogen and oxygen atoms in total. The lowest BCUT2D eigenvalue weighted by Gasteiger charge is -2.47. The van der Waals surface area contributed by atoms with Gasteiger partial charge in [-0.25, -0.2) is 13.1 Å². The van der Waals surface area contributed by atoms with Crippen LogP contribution < -0.4 is 10.0 Å². The Balaban J connectivity index is 1.46. The summed E-state index contributed by atoms with van der Waals surface area (Å²) < 4.78 is 31.2. The molecule has 0 unspecified atom stereocenters. The molecule has 3 N–H and O–H groups in total. The van der Waals surface area contributed by atoms with Gasteiger partial charge in [0.15, 0.2) is 0 Å². The number of ether oxygens (including phenoxy) is 1. The van der Waals surface area contributed by atoms with Gasteiger partial charge in [-0.2, -0.15) is 5.10 Å². The molecule has 0 aromatic carbocycles. The summed E-state index contributed by atoms with van der Waals surface area (Å²) in [5, 5.41) is 9.89. The predicted octanol–water partition coefficient (Wildman–Crippen LogP) is -0.278. The maximum atomic E-state index is 12.4. The van der Waals surface area contributed by atoms with Crippen molar-refractivity contribution in [3.8, 4) is 0 Å². The van der Waals surface area contributed by atoms with Gasteiger partial charge in [-0.15, -0.1) is 0 Å². The van der Waals surface area contributed by atoms with Crippen molar-refractivity contribution in [2.45, 2.75) is 43.4 Å². The fraction of sp³-hybridized carbons (Fsp3) is 0.714. The highest BCUT2D eigenvalue weighted by molar-refractivity contribution is 7.88. The molecule has 9 heteroatoms. The van der Waals surface area contributed by atoms with Gasteiger partial charge in [0.1, 0.15) is 5.69 Å². The van der Waals surface area contributed by atoms with Crippen LogP contribution in [0.5, 0.6) is 0 Å². The van der Waals surface area contributed by atoms with Gasteiger partial charge >= 0.3 is 0 Å². The number of nitrogens with one attached hydrogen (secondary N) is 3. The summed E-state index contributed by atoms with van der Waals surface area (Å²) in [4.78, 5) is 12.4. The lowest BCUT2D eigenvalue weighted by Crippen LogP contribution is -2.70. The molecule has 126 valence electrons. The maximum absolute atomic E-state index is 12.4. The molecule has 2 aliphatic carbocycles. The molecular formula is C14H20N4O4S. The Morgan fingerprint density at radius 3 is 2.83 bits per heavy atom. The number of aromatic amines is 1. The van der Waals surface area contributed by atoms with E-state index in [1.165, 1.54) is 0 Å². The van der Waals surface area contributed by atoms with Gasteiger partial charge in [0.25, 0.3) is 5.91 Å². The van der Waals surface area contributed by atoms with Crippen LogP contribution in [-0.4, -0.2) is 55.6 Å². The molecule has 0 bridgehead atoms. The summed E-state index contributed by atoms with van der Waals surface area (Å²) >= 11 is 0. The molecule has 1 saturated heterocycles. The van der Waals surface area contributed by atoms with E-state index in [0.717, 1.165) is 31.2 Å². The van der Waals surface area contributed by atoms with Crippen molar-refractivity contribution in [1.82, 2.24) is 20.2 Å². The topological polar surface area (TPSA) is 113 Å². The van der Waals surface area contributed by atoms with Crippen molar-refractivity contribution in [1.29, 1.82) is 0 Å². The van der Waals surface area contributed by atoms with E-state index in [1.807, 2.05) is 0 Å². The molecular weight excluding hydrogens is 320 g/mol. The minimum Gasteiger partial charge on any atom is -0.376 e. The quantitative estimate of drug-likeness (QED) is 0.682. The highest BCUT2D eigenvalue weighted by Crippen LogP contribution is 2.40. The average Bonchev–Trinajstić information content (AvgIpc) is 3.06. The maximum Gasteiger partial charge on any atom is 0.272 e. The molecule has 1 amide bonds. The normalized spacial score (nSPS) is 33.1. The fourth-order valence-electron chi connectivity index (χ4n) is 3.57. The van der Waals surface area contributed by atoms with Crippen molar-refractivity contribution >= 4 is 15.9 Å². The summed E-state index contributed by atoms with van der Waals surface area (Å²) in [5.74, 6) is 0.379. The Labute approximate surface area is 134 Å². The van der Waals surface area contributed by atoms with Gasteiger partial charge in [-0.05, 0) is 25.3 Å². The number of carbonyl (C=O) groups excluding carboxylic acids is 1. The van der Waals surface area contributed by atoms with Crippen molar-refractivity contribution in [3.63, 3.8) is 0 Å². The molecule has 2 saturated carbocycles. The summed E-state index contributed by atoms with van der Waals surface area (Å²) in [5.41, 5.74) is 1.35. The number of sulfonamides is 1. The van der Waals surface area contributed by atoms with E-state index in [1.54, 1.807) is 6.07 Å². The van der Waals surface area contributed by atoms with Crippen molar-refractivity contribution in [2.24, 2.45) is 5.92 Å². The van der Waals surface area contributed by atoms with Gasteiger partial charge in [0, 0.05) is 24.1 Å². The van der Waals surface area contributed by atoms with E-state index in [-0.39, 0.29) is 24.0 Å². The molecule has 3 aliphatic rings. The van der Waals surface area contributed by atoms with Crippen LogP contribution in [0.2, 0.25) is 0 Å². The molecule has 0 radical (unpaired) electrons. The lowest BCUT2D eigenvalue weighted by molar-refractivity contribution is -0.0194. The largest absolute Gasteiger partial charge is 0.376 e. The predicted molar refractivity (Wildman–Crippen MR) is 81.4 cm³/mol. The Kier molecular flexibility index (Phi) is 3.47. The van der Waals surface area contributed by atoms with Crippen LogP contribution in [0.15, 0.2) is 6.07 Å². The molecule has 23 heavy (non-hydrogen) atoms. The van der Waals surface area contributed by atoms with Crippen LogP contribution in [-0.2, 0) is 14.8 Å². The fourth-order valence-corrected chi connectivity index (χ4v) is 4.35. The minimum atomic E-state index is -3.36. The van der Waals surface area contributed by atoms with E-state index >= 15 is 0 Å². The molecule has 4 atom stereocenters. The second kappa shape index (κ2) is 5.29. The van der Waals surface area contributed by atoms with E-state index in [4.69, 9.17) is 4.74 Å². The molecule has 1 aromatic heterocycles. The van der Waals surface area contributed by atoms with Crippen LogP contribution in [0.25, 0.3) is 0 Å². The first kappa shape index (κ1) is 15.1. The zero-order valence-corrected chi connectivity index (χ0v) is 13.6. The minimum absolute atomic E-state index is 0.153. The number of amides is 1.